The fourth-order valence-corrected chi connectivity index (χ4v) is 2.49. The van der Waals surface area contributed by atoms with E-state index in [1.807, 2.05) is 0 Å². The van der Waals surface area contributed by atoms with Crippen molar-refractivity contribution in [2.24, 2.45) is 10.9 Å². The van der Waals surface area contributed by atoms with Crippen LogP contribution in [-0.2, 0) is 0 Å². The van der Waals surface area contributed by atoms with Crippen LogP contribution in [0.4, 0.5) is 4.39 Å². The second kappa shape index (κ2) is 5.36. The molecule has 6 nitrogen and oxygen atoms in total. The highest BCUT2D eigenvalue weighted by atomic mass is 19.1. The van der Waals surface area contributed by atoms with Crippen LogP contribution in [-0.4, -0.2) is 27.6 Å². The van der Waals surface area contributed by atoms with E-state index in [9.17, 15) is 14.3 Å². The van der Waals surface area contributed by atoms with Gasteiger partial charge in [0, 0.05) is 0 Å². The van der Waals surface area contributed by atoms with Crippen molar-refractivity contribution in [3.8, 4) is 5.75 Å². The molecule has 0 spiro atoms. The van der Waals surface area contributed by atoms with E-state index in [1.54, 1.807) is 0 Å². The van der Waals surface area contributed by atoms with Gasteiger partial charge in [0.05, 0.1) is 5.56 Å². The van der Waals surface area contributed by atoms with Crippen LogP contribution in [0, 0.1) is 5.82 Å². The van der Waals surface area contributed by atoms with Gasteiger partial charge in [0.25, 0.3) is 5.91 Å². The number of phenolic OH excluding ortho intramolecular Hbond substituents is 1. The molecule has 0 bridgehead atoms. The number of oxime groups is 1. The summed E-state index contributed by atoms with van der Waals surface area (Å²) in [5.41, 5.74) is 4.54. The number of carbonyl (C=O) groups is 1. The third kappa shape index (κ3) is 2.52. The zero-order chi connectivity index (χ0) is 14.8. The molecule has 108 valence electrons. The van der Waals surface area contributed by atoms with E-state index in [2.05, 4.69) is 10.5 Å². The van der Waals surface area contributed by atoms with E-state index >= 15 is 0 Å². The first kappa shape index (κ1) is 14.1. The highest BCUT2D eigenvalue weighted by Crippen LogP contribution is 2.31. The van der Waals surface area contributed by atoms with Gasteiger partial charge in [0.15, 0.2) is 5.84 Å². The molecular formula is C13H16FN3O3. The summed E-state index contributed by atoms with van der Waals surface area (Å²) in [5.74, 6) is -1.69. The molecule has 1 amide bonds. The Kier molecular flexibility index (Phi) is 3.78. The van der Waals surface area contributed by atoms with E-state index in [0.717, 1.165) is 31.0 Å². The number of carbonyl (C=O) groups excluding carboxylic acids is 1. The lowest BCUT2D eigenvalue weighted by Crippen LogP contribution is -2.55. The topological polar surface area (TPSA) is 108 Å². The Balaban J connectivity index is 2.27. The lowest BCUT2D eigenvalue weighted by atomic mass is 9.95. The average molecular weight is 281 g/mol. The van der Waals surface area contributed by atoms with E-state index in [1.165, 1.54) is 0 Å². The number of amides is 1. The van der Waals surface area contributed by atoms with E-state index in [4.69, 9.17) is 10.9 Å². The SMILES string of the molecule is N/C(=N/O)C1(NC(=O)c2cc(F)ccc2O)CCCC1. The molecule has 2 rings (SSSR count). The van der Waals surface area contributed by atoms with Crippen molar-refractivity contribution in [3.63, 3.8) is 0 Å². The molecule has 0 aromatic heterocycles. The molecule has 5 N–H and O–H groups in total. The quantitative estimate of drug-likeness (QED) is 0.290. The lowest BCUT2D eigenvalue weighted by Gasteiger charge is -2.28. The first-order chi connectivity index (χ1) is 9.48. The first-order valence-electron chi connectivity index (χ1n) is 6.27. The normalized spacial score (nSPS) is 17.9. The Morgan fingerprint density at radius 1 is 1.40 bits per heavy atom. The molecule has 1 aliphatic carbocycles. The van der Waals surface area contributed by atoms with Gasteiger partial charge in [0.1, 0.15) is 17.1 Å². The van der Waals surface area contributed by atoms with Crippen molar-refractivity contribution in [1.29, 1.82) is 0 Å². The third-order valence-corrected chi connectivity index (χ3v) is 3.61. The summed E-state index contributed by atoms with van der Waals surface area (Å²) < 4.78 is 13.2. The fourth-order valence-electron chi connectivity index (χ4n) is 2.49. The fraction of sp³-hybridized carbons (Fsp3) is 0.385. The van der Waals surface area contributed by atoms with E-state index in [-0.39, 0.29) is 17.1 Å². The summed E-state index contributed by atoms with van der Waals surface area (Å²) in [6.07, 6.45) is 2.71. The minimum absolute atomic E-state index is 0.0840. The van der Waals surface area contributed by atoms with Crippen LogP contribution < -0.4 is 11.1 Å². The first-order valence-corrected chi connectivity index (χ1v) is 6.27. The van der Waals surface area contributed by atoms with Crippen LogP contribution in [0.25, 0.3) is 0 Å². The van der Waals surface area contributed by atoms with Crippen molar-refractivity contribution in [3.05, 3.63) is 29.6 Å². The summed E-state index contributed by atoms with van der Waals surface area (Å²) in [4.78, 5) is 12.2. The lowest BCUT2D eigenvalue weighted by molar-refractivity contribution is 0.0919. The summed E-state index contributed by atoms with van der Waals surface area (Å²) in [5, 5.41) is 24.1. The number of hydrogen-bond acceptors (Lipinski definition) is 4. The Hall–Kier alpha value is -2.31. The Morgan fingerprint density at radius 2 is 2.05 bits per heavy atom. The number of halogens is 1. The minimum Gasteiger partial charge on any atom is -0.507 e. The van der Waals surface area contributed by atoms with Gasteiger partial charge >= 0.3 is 0 Å². The number of nitrogens with two attached hydrogens (primary N) is 1. The van der Waals surface area contributed by atoms with Gasteiger partial charge in [-0.1, -0.05) is 18.0 Å². The third-order valence-electron chi connectivity index (χ3n) is 3.61. The zero-order valence-electron chi connectivity index (χ0n) is 10.8. The van der Waals surface area contributed by atoms with Crippen LogP contribution in [0.3, 0.4) is 0 Å². The molecule has 1 saturated carbocycles. The van der Waals surface area contributed by atoms with Crippen LogP contribution in [0.5, 0.6) is 5.75 Å². The second-order valence-electron chi connectivity index (χ2n) is 4.89. The molecule has 0 unspecified atom stereocenters. The molecule has 7 heteroatoms. The highest BCUT2D eigenvalue weighted by molar-refractivity contribution is 6.01. The Bertz CT molecular complexity index is 554. The van der Waals surface area contributed by atoms with E-state index < -0.39 is 17.3 Å². The van der Waals surface area contributed by atoms with Gasteiger partial charge in [0.2, 0.25) is 0 Å². The zero-order valence-corrected chi connectivity index (χ0v) is 10.8. The maximum atomic E-state index is 13.2. The van der Waals surface area contributed by atoms with Crippen LogP contribution in [0.15, 0.2) is 23.4 Å². The summed E-state index contributed by atoms with van der Waals surface area (Å²) in [7, 11) is 0. The molecule has 0 heterocycles. The van der Waals surface area contributed by atoms with Gasteiger partial charge < -0.3 is 21.4 Å². The van der Waals surface area contributed by atoms with Crippen molar-refractivity contribution in [1.82, 2.24) is 5.32 Å². The number of hydrogen-bond donors (Lipinski definition) is 4. The maximum absolute atomic E-state index is 13.2. The predicted molar refractivity (Wildman–Crippen MR) is 70.1 cm³/mol. The van der Waals surface area contributed by atoms with Crippen molar-refractivity contribution in [2.45, 2.75) is 31.2 Å². The summed E-state index contributed by atoms with van der Waals surface area (Å²) in [6, 6.07) is 3.11. The molecule has 20 heavy (non-hydrogen) atoms. The Morgan fingerprint density at radius 3 is 2.65 bits per heavy atom. The molecular weight excluding hydrogens is 265 g/mol. The highest BCUT2D eigenvalue weighted by Gasteiger charge is 2.40. The van der Waals surface area contributed by atoms with Crippen LogP contribution in [0.2, 0.25) is 0 Å². The van der Waals surface area contributed by atoms with Gasteiger partial charge in [-0.05, 0) is 31.0 Å². The van der Waals surface area contributed by atoms with Gasteiger partial charge in [-0.15, -0.1) is 0 Å². The second-order valence-corrected chi connectivity index (χ2v) is 4.89. The number of aromatic hydroxyl groups is 1. The number of rotatable bonds is 3. The molecule has 0 radical (unpaired) electrons. The molecule has 0 aliphatic heterocycles. The van der Waals surface area contributed by atoms with Gasteiger partial charge in [-0.2, -0.15) is 0 Å². The van der Waals surface area contributed by atoms with Crippen molar-refractivity contribution in [2.75, 3.05) is 0 Å². The Labute approximate surface area is 115 Å². The average Bonchev–Trinajstić information content (AvgIpc) is 2.90. The number of amidine groups is 1. The largest absolute Gasteiger partial charge is 0.507 e. The number of nitrogens with one attached hydrogen (secondary N) is 1. The van der Waals surface area contributed by atoms with Gasteiger partial charge in [-0.3, -0.25) is 4.79 Å². The molecule has 1 aromatic carbocycles. The van der Waals surface area contributed by atoms with Crippen LogP contribution in [0.1, 0.15) is 36.0 Å². The molecule has 0 atom stereocenters. The molecule has 1 aliphatic rings. The monoisotopic (exact) mass is 281 g/mol. The van der Waals surface area contributed by atoms with E-state index in [0.29, 0.717) is 12.8 Å². The van der Waals surface area contributed by atoms with Crippen molar-refractivity contribution >= 4 is 11.7 Å². The summed E-state index contributed by atoms with van der Waals surface area (Å²) in [6.45, 7) is 0. The summed E-state index contributed by atoms with van der Waals surface area (Å²) >= 11 is 0. The minimum atomic E-state index is -0.940. The molecule has 0 saturated heterocycles. The smallest absolute Gasteiger partial charge is 0.255 e. The number of nitrogens with zero attached hydrogens (tertiary/aromatic N) is 1. The maximum Gasteiger partial charge on any atom is 0.255 e. The van der Waals surface area contributed by atoms with Crippen molar-refractivity contribution < 1.29 is 19.5 Å². The number of phenols is 1. The van der Waals surface area contributed by atoms with Crippen LogP contribution >= 0.6 is 0 Å². The predicted octanol–water partition coefficient (Wildman–Crippen LogP) is 1.32. The number of benzene rings is 1. The molecule has 1 fully saturated rings. The molecule has 1 aromatic rings. The standard InChI is InChI=1S/C13H16FN3O3/c14-8-3-4-10(18)9(7-8)11(19)16-13(12(15)17-20)5-1-2-6-13/h3-4,7,18,20H,1-2,5-6H2,(H2,15,17)(H,16,19). The van der Waals surface area contributed by atoms with Gasteiger partial charge in [-0.25, -0.2) is 4.39 Å².